The van der Waals surface area contributed by atoms with Gasteiger partial charge in [0.1, 0.15) is 5.69 Å². The Morgan fingerprint density at radius 2 is 1.74 bits per heavy atom. The number of rotatable bonds is 3. The minimum Gasteiger partial charge on any atom is -0.339 e. The molecule has 0 amide bonds. The van der Waals surface area contributed by atoms with Crippen LogP contribution in [-0.2, 0) is 0 Å². The first-order valence-corrected chi connectivity index (χ1v) is 5.74. The van der Waals surface area contributed by atoms with Gasteiger partial charge in [-0.15, -0.1) is 0 Å². The Hall–Kier alpha value is -2.43. The van der Waals surface area contributed by atoms with Crippen molar-refractivity contribution in [2.45, 2.75) is 6.92 Å². The van der Waals surface area contributed by atoms with E-state index in [9.17, 15) is 14.5 Å². The average Bonchev–Trinajstić information content (AvgIpc) is 2.37. The molecule has 2 aromatic rings. The number of aryl methyl sites for hydroxylation is 1. The van der Waals surface area contributed by atoms with Gasteiger partial charge in [0.25, 0.3) is 0 Å². The molecule has 98 valence electrons. The number of nitro benzene ring substituents is 1. The first-order chi connectivity index (χ1) is 9.02. The lowest BCUT2D eigenvalue weighted by atomic mass is 10.1. The maximum absolute atomic E-state index is 13.6. The van der Waals surface area contributed by atoms with Gasteiger partial charge in [-0.05, 0) is 30.7 Å². The van der Waals surface area contributed by atoms with E-state index >= 15 is 0 Å². The molecule has 0 aliphatic rings. The summed E-state index contributed by atoms with van der Waals surface area (Å²) >= 11 is 0. The van der Waals surface area contributed by atoms with Crippen LogP contribution in [0.25, 0.3) is 0 Å². The summed E-state index contributed by atoms with van der Waals surface area (Å²) in [5.41, 5.74) is 1.49. The molecule has 0 spiro atoms. The van der Waals surface area contributed by atoms with Crippen LogP contribution in [0.3, 0.4) is 0 Å². The minimum absolute atomic E-state index is 0.235. The first-order valence-electron chi connectivity index (χ1n) is 5.74. The third kappa shape index (κ3) is 2.40. The van der Waals surface area contributed by atoms with Crippen molar-refractivity contribution in [2.75, 3.05) is 11.9 Å². The van der Waals surface area contributed by atoms with Crippen LogP contribution in [-0.4, -0.2) is 12.0 Å². The average molecular weight is 260 g/mol. The van der Waals surface area contributed by atoms with E-state index in [2.05, 4.69) is 0 Å². The molecule has 0 fully saturated rings. The Morgan fingerprint density at radius 3 is 2.37 bits per heavy atom. The van der Waals surface area contributed by atoms with Gasteiger partial charge in [0, 0.05) is 12.7 Å². The van der Waals surface area contributed by atoms with E-state index in [0.29, 0.717) is 0 Å². The summed E-state index contributed by atoms with van der Waals surface area (Å²) in [6.45, 7) is 1.90. The summed E-state index contributed by atoms with van der Waals surface area (Å²) in [6, 6.07) is 11.5. The topological polar surface area (TPSA) is 46.4 Å². The SMILES string of the molecule is Cc1ccccc1N(C)c1cccc(F)c1[N+](=O)[O-]. The second kappa shape index (κ2) is 5.06. The molecular formula is C14H13FN2O2. The number of hydrogen-bond donors (Lipinski definition) is 0. The number of hydrogen-bond acceptors (Lipinski definition) is 3. The molecule has 0 atom stereocenters. The smallest absolute Gasteiger partial charge is 0.328 e. The number of nitrogens with zero attached hydrogens (tertiary/aromatic N) is 2. The van der Waals surface area contributed by atoms with Crippen molar-refractivity contribution in [3.05, 3.63) is 64.0 Å². The molecule has 0 saturated carbocycles. The first kappa shape index (κ1) is 13.0. The Kier molecular flexibility index (Phi) is 3.46. The van der Waals surface area contributed by atoms with Gasteiger partial charge in [-0.2, -0.15) is 4.39 Å². The van der Waals surface area contributed by atoms with Crippen LogP contribution >= 0.6 is 0 Å². The van der Waals surface area contributed by atoms with E-state index in [1.165, 1.54) is 12.1 Å². The molecule has 0 aromatic heterocycles. The minimum atomic E-state index is -0.831. The highest BCUT2D eigenvalue weighted by Gasteiger charge is 2.23. The van der Waals surface area contributed by atoms with E-state index in [0.717, 1.165) is 17.3 Å². The molecule has 0 unspecified atom stereocenters. The standard InChI is InChI=1S/C14H13FN2O2/c1-10-6-3-4-8-12(10)16(2)13-9-5-7-11(15)14(13)17(18)19/h3-9H,1-2H3. The number of anilines is 2. The van der Waals surface area contributed by atoms with Crippen LogP contribution in [0.1, 0.15) is 5.56 Å². The molecule has 0 radical (unpaired) electrons. The summed E-state index contributed by atoms with van der Waals surface area (Å²) in [5, 5.41) is 11.0. The molecular weight excluding hydrogens is 247 g/mol. The summed E-state index contributed by atoms with van der Waals surface area (Å²) in [7, 11) is 1.68. The van der Waals surface area contributed by atoms with Gasteiger partial charge in [0.15, 0.2) is 0 Å². The van der Waals surface area contributed by atoms with E-state index < -0.39 is 16.4 Å². The van der Waals surface area contributed by atoms with Crippen molar-refractivity contribution in [2.24, 2.45) is 0 Å². The predicted molar refractivity (Wildman–Crippen MR) is 72.3 cm³/mol. The summed E-state index contributed by atoms with van der Waals surface area (Å²) in [6.07, 6.45) is 0. The molecule has 4 nitrogen and oxygen atoms in total. The molecule has 0 aliphatic heterocycles. The lowest BCUT2D eigenvalue weighted by molar-refractivity contribution is -0.386. The van der Waals surface area contributed by atoms with Crippen LogP contribution in [0.15, 0.2) is 42.5 Å². The zero-order valence-corrected chi connectivity index (χ0v) is 10.6. The zero-order valence-electron chi connectivity index (χ0n) is 10.6. The van der Waals surface area contributed by atoms with Gasteiger partial charge >= 0.3 is 5.69 Å². The van der Waals surface area contributed by atoms with Crippen molar-refractivity contribution in [3.8, 4) is 0 Å². The van der Waals surface area contributed by atoms with Gasteiger partial charge in [-0.25, -0.2) is 0 Å². The quantitative estimate of drug-likeness (QED) is 0.622. The maximum Gasteiger partial charge on any atom is 0.328 e. The monoisotopic (exact) mass is 260 g/mol. The highest BCUT2D eigenvalue weighted by Crippen LogP contribution is 2.35. The van der Waals surface area contributed by atoms with Gasteiger partial charge in [0.2, 0.25) is 5.82 Å². The van der Waals surface area contributed by atoms with E-state index in [1.54, 1.807) is 11.9 Å². The second-order valence-corrected chi connectivity index (χ2v) is 4.21. The number of benzene rings is 2. The van der Waals surface area contributed by atoms with Gasteiger partial charge in [-0.1, -0.05) is 24.3 Å². The van der Waals surface area contributed by atoms with Gasteiger partial charge in [-0.3, -0.25) is 10.1 Å². The van der Waals surface area contributed by atoms with Gasteiger partial charge < -0.3 is 4.90 Å². The van der Waals surface area contributed by atoms with E-state index in [4.69, 9.17) is 0 Å². The van der Waals surface area contributed by atoms with Crippen LogP contribution in [0, 0.1) is 22.9 Å². The van der Waals surface area contributed by atoms with Crippen molar-refractivity contribution in [1.82, 2.24) is 0 Å². The van der Waals surface area contributed by atoms with E-state index in [1.807, 2.05) is 31.2 Å². The molecule has 2 aromatic carbocycles. The highest BCUT2D eigenvalue weighted by atomic mass is 19.1. The fraction of sp³-hybridized carbons (Fsp3) is 0.143. The fourth-order valence-corrected chi connectivity index (χ4v) is 2.02. The van der Waals surface area contributed by atoms with Crippen LogP contribution < -0.4 is 4.90 Å². The fourth-order valence-electron chi connectivity index (χ4n) is 2.02. The molecule has 19 heavy (non-hydrogen) atoms. The molecule has 5 heteroatoms. The third-order valence-corrected chi connectivity index (χ3v) is 2.99. The maximum atomic E-state index is 13.6. The van der Waals surface area contributed by atoms with E-state index in [-0.39, 0.29) is 5.69 Å². The van der Waals surface area contributed by atoms with Crippen LogP contribution in [0.5, 0.6) is 0 Å². The Morgan fingerprint density at radius 1 is 1.11 bits per heavy atom. The summed E-state index contributed by atoms with van der Waals surface area (Å²) in [5.74, 6) is -0.831. The Labute approximate surface area is 110 Å². The highest BCUT2D eigenvalue weighted by molar-refractivity contribution is 5.73. The molecule has 0 saturated heterocycles. The third-order valence-electron chi connectivity index (χ3n) is 2.99. The van der Waals surface area contributed by atoms with Crippen molar-refractivity contribution >= 4 is 17.1 Å². The van der Waals surface area contributed by atoms with Gasteiger partial charge in [0.05, 0.1) is 4.92 Å². The lowest BCUT2D eigenvalue weighted by Gasteiger charge is -2.21. The normalized spacial score (nSPS) is 10.3. The number of halogens is 1. The van der Waals surface area contributed by atoms with Crippen molar-refractivity contribution < 1.29 is 9.31 Å². The summed E-state index contributed by atoms with van der Waals surface area (Å²) < 4.78 is 13.6. The second-order valence-electron chi connectivity index (χ2n) is 4.21. The van der Waals surface area contributed by atoms with Crippen molar-refractivity contribution in [3.63, 3.8) is 0 Å². The summed E-state index contributed by atoms with van der Waals surface area (Å²) in [4.78, 5) is 11.9. The number of nitro groups is 1. The molecule has 2 rings (SSSR count). The van der Waals surface area contributed by atoms with Crippen LogP contribution in [0.4, 0.5) is 21.5 Å². The molecule has 0 bridgehead atoms. The Bertz CT molecular complexity index is 629. The number of para-hydroxylation sites is 2. The molecule has 0 heterocycles. The Balaban J connectivity index is 2.57. The largest absolute Gasteiger partial charge is 0.339 e. The molecule has 0 N–H and O–H groups in total. The lowest BCUT2D eigenvalue weighted by Crippen LogP contribution is -2.13. The van der Waals surface area contributed by atoms with Crippen molar-refractivity contribution in [1.29, 1.82) is 0 Å². The predicted octanol–water partition coefficient (Wildman–Crippen LogP) is 3.81. The zero-order chi connectivity index (χ0) is 14.0. The van der Waals surface area contributed by atoms with Crippen LogP contribution in [0.2, 0.25) is 0 Å². The molecule has 0 aliphatic carbocycles.